The van der Waals surface area contributed by atoms with Crippen molar-refractivity contribution >= 4 is 27.2 Å². The van der Waals surface area contributed by atoms with E-state index in [9.17, 15) is 5.26 Å². The van der Waals surface area contributed by atoms with E-state index >= 15 is 0 Å². The van der Waals surface area contributed by atoms with Crippen LogP contribution in [0, 0.1) is 11.3 Å². The van der Waals surface area contributed by atoms with Crippen LogP contribution in [0.25, 0.3) is 21.5 Å². The Kier molecular flexibility index (Phi) is 1.99. The van der Waals surface area contributed by atoms with Gasteiger partial charge in [-0.3, -0.25) is 0 Å². The summed E-state index contributed by atoms with van der Waals surface area (Å²) >= 11 is 0. The molecule has 0 amide bonds. The van der Waals surface area contributed by atoms with Crippen LogP contribution in [-0.2, 0) is 0 Å². The zero-order valence-corrected chi connectivity index (χ0v) is 9.14. The molecule has 0 aliphatic carbocycles. The fraction of sp³-hybridized carbons (Fsp3) is 0. The van der Waals surface area contributed by atoms with Gasteiger partial charge in [0.2, 0.25) is 0 Å². The van der Waals surface area contributed by atoms with Crippen molar-refractivity contribution in [3.05, 3.63) is 54.1 Å². The van der Waals surface area contributed by atoms with Crippen LogP contribution in [0.4, 0.5) is 5.69 Å². The van der Waals surface area contributed by atoms with E-state index in [0.717, 1.165) is 21.5 Å². The third-order valence-corrected chi connectivity index (χ3v) is 3.03. The lowest BCUT2D eigenvalue weighted by Crippen LogP contribution is -1.91. The third kappa shape index (κ3) is 1.33. The van der Waals surface area contributed by atoms with Crippen molar-refractivity contribution in [1.82, 2.24) is 0 Å². The summed E-state index contributed by atoms with van der Waals surface area (Å²) in [4.78, 5) is 0. The summed E-state index contributed by atoms with van der Waals surface area (Å²) in [7, 11) is 0. The van der Waals surface area contributed by atoms with Crippen molar-refractivity contribution in [2.45, 2.75) is 0 Å². The summed E-state index contributed by atoms with van der Waals surface area (Å²) in [6.45, 7) is 0. The van der Waals surface area contributed by atoms with Gasteiger partial charge in [-0.1, -0.05) is 36.4 Å². The van der Waals surface area contributed by atoms with Crippen LogP contribution in [-0.4, -0.2) is 0 Å². The fourth-order valence-electron chi connectivity index (χ4n) is 2.27. The lowest BCUT2D eigenvalue weighted by molar-refractivity contribution is 1.52. The maximum atomic E-state index is 9.35. The first-order chi connectivity index (χ1) is 8.31. The Morgan fingerprint density at radius 3 is 2.53 bits per heavy atom. The van der Waals surface area contributed by atoms with Crippen molar-refractivity contribution in [2.24, 2.45) is 0 Å². The predicted octanol–water partition coefficient (Wildman–Crippen LogP) is 3.45. The van der Waals surface area contributed by atoms with Gasteiger partial charge in [0.1, 0.15) is 6.07 Å². The largest absolute Gasteiger partial charge is 0.398 e. The molecule has 80 valence electrons. The molecule has 0 aromatic heterocycles. The summed E-state index contributed by atoms with van der Waals surface area (Å²) in [6.07, 6.45) is 0. The fourth-order valence-corrected chi connectivity index (χ4v) is 2.27. The average molecular weight is 218 g/mol. The molecule has 3 aromatic carbocycles. The van der Waals surface area contributed by atoms with Gasteiger partial charge in [-0.05, 0) is 22.9 Å². The monoisotopic (exact) mass is 218 g/mol. The Hall–Kier alpha value is -2.53. The van der Waals surface area contributed by atoms with E-state index in [2.05, 4.69) is 12.1 Å². The van der Waals surface area contributed by atoms with Gasteiger partial charge >= 0.3 is 0 Å². The topological polar surface area (TPSA) is 49.8 Å². The second-order valence-electron chi connectivity index (χ2n) is 4.03. The number of benzene rings is 3. The van der Waals surface area contributed by atoms with E-state index < -0.39 is 0 Å². The van der Waals surface area contributed by atoms with Gasteiger partial charge in [-0.25, -0.2) is 0 Å². The van der Waals surface area contributed by atoms with Crippen LogP contribution in [0.15, 0.2) is 48.5 Å². The second-order valence-corrected chi connectivity index (χ2v) is 4.03. The summed E-state index contributed by atoms with van der Waals surface area (Å²) in [5.74, 6) is 0. The van der Waals surface area contributed by atoms with Gasteiger partial charge < -0.3 is 5.73 Å². The van der Waals surface area contributed by atoms with E-state index in [4.69, 9.17) is 5.73 Å². The summed E-state index contributed by atoms with van der Waals surface area (Å²) < 4.78 is 0. The molecule has 0 radical (unpaired) electrons. The smallest absolute Gasteiger partial charge is 0.101 e. The number of anilines is 1. The molecule has 0 atom stereocenters. The quantitative estimate of drug-likeness (QED) is 0.464. The molecule has 3 rings (SSSR count). The van der Waals surface area contributed by atoms with Crippen molar-refractivity contribution in [2.75, 3.05) is 5.73 Å². The molecule has 0 heterocycles. The molecule has 3 aromatic rings. The zero-order valence-electron chi connectivity index (χ0n) is 9.14. The molecule has 2 nitrogen and oxygen atoms in total. The molecule has 0 bridgehead atoms. The first-order valence-electron chi connectivity index (χ1n) is 5.41. The number of nitrogen functional groups attached to an aromatic ring is 1. The van der Waals surface area contributed by atoms with Gasteiger partial charge in [-0.2, -0.15) is 5.26 Å². The Morgan fingerprint density at radius 2 is 1.71 bits per heavy atom. The standard InChI is InChI=1S/C15H10N2/c16-9-13-12-6-2-1-4-10(12)8-11-5-3-7-14(17)15(11)13/h1-8H,17H2. The lowest BCUT2D eigenvalue weighted by atomic mass is 9.96. The highest BCUT2D eigenvalue weighted by atomic mass is 14.6. The van der Waals surface area contributed by atoms with Crippen molar-refractivity contribution in [3.8, 4) is 6.07 Å². The van der Waals surface area contributed by atoms with Crippen LogP contribution in [0.3, 0.4) is 0 Å². The maximum Gasteiger partial charge on any atom is 0.101 e. The highest BCUT2D eigenvalue weighted by Crippen LogP contribution is 2.31. The first-order valence-corrected chi connectivity index (χ1v) is 5.41. The molecule has 0 aliphatic rings. The van der Waals surface area contributed by atoms with E-state index in [1.807, 2.05) is 42.5 Å². The predicted molar refractivity (Wildman–Crippen MR) is 70.6 cm³/mol. The van der Waals surface area contributed by atoms with E-state index in [0.29, 0.717) is 11.3 Å². The molecule has 17 heavy (non-hydrogen) atoms. The van der Waals surface area contributed by atoms with Gasteiger partial charge in [0.15, 0.2) is 0 Å². The van der Waals surface area contributed by atoms with Crippen molar-refractivity contribution in [3.63, 3.8) is 0 Å². The molecule has 2 N–H and O–H groups in total. The Balaban J connectivity index is 2.66. The molecule has 0 saturated heterocycles. The van der Waals surface area contributed by atoms with E-state index in [1.165, 1.54) is 0 Å². The molecular formula is C15H10N2. The van der Waals surface area contributed by atoms with Gasteiger partial charge in [0.25, 0.3) is 0 Å². The van der Waals surface area contributed by atoms with Crippen LogP contribution in [0.1, 0.15) is 5.56 Å². The Labute approximate surface area is 98.9 Å². The van der Waals surface area contributed by atoms with Gasteiger partial charge in [0, 0.05) is 16.5 Å². The van der Waals surface area contributed by atoms with Gasteiger partial charge in [0.05, 0.1) is 5.56 Å². The number of rotatable bonds is 0. The highest BCUT2D eigenvalue weighted by molar-refractivity contribution is 6.08. The molecule has 0 spiro atoms. The highest BCUT2D eigenvalue weighted by Gasteiger charge is 2.08. The molecule has 2 heteroatoms. The van der Waals surface area contributed by atoms with Crippen LogP contribution >= 0.6 is 0 Å². The van der Waals surface area contributed by atoms with Gasteiger partial charge in [-0.15, -0.1) is 0 Å². The van der Waals surface area contributed by atoms with Crippen LogP contribution in [0.2, 0.25) is 0 Å². The Bertz CT molecular complexity index is 767. The molecule has 0 unspecified atom stereocenters. The number of nitrogens with two attached hydrogens (primary N) is 1. The number of nitriles is 1. The number of hydrogen-bond acceptors (Lipinski definition) is 2. The molecule has 0 saturated carbocycles. The van der Waals surface area contributed by atoms with Crippen LogP contribution < -0.4 is 5.73 Å². The third-order valence-electron chi connectivity index (χ3n) is 3.03. The maximum absolute atomic E-state index is 9.35. The van der Waals surface area contributed by atoms with E-state index in [-0.39, 0.29) is 0 Å². The average Bonchev–Trinajstić information content (AvgIpc) is 2.36. The first kappa shape index (κ1) is 9.68. The molecule has 0 fully saturated rings. The zero-order chi connectivity index (χ0) is 11.8. The summed E-state index contributed by atoms with van der Waals surface area (Å²) in [5, 5.41) is 13.3. The Morgan fingerprint density at radius 1 is 0.941 bits per heavy atom. The van der Waals surface area contributed by atoms with E-state index in [1.54, 1.807) is 0 Å². The minimum Gasteiger partial charge on any atom is -0.398 e. The lowest BCUT2D eigenvalue weighted by Gasteiger charge is -2.07. The van der Waals surface area contributed by atoms with Crippen molar-refractivity contribution < 1.29 is 0 Å². The van der Waals surface area contributed by atoms with Crippen molar-refractivity contribution in [1.29, 1.82) is 5.26 Å². The minimum absolute atomic E-state index is 0.657. The molecule has 0 aliphatic heterocycles. The number of fused-ring (bicyclic) bond motifs is 2. The minimum atomic E-state index is 0.657. The number of nitrogens with zero attached hydrogens (tertiary/aromatic N) is 1. The SMILES string of the molecule is N#Cc1c2ccccc2cc2cccc(N)c12. The van der Waals surface area contributed by atoms with Crippen LogP contribution in [0.5, 0.6) is 0 Å². The number of hydrogen-bond donors (Lipinski definition) is 1. The summed E-state index contributed by atoms with van der Waals surface area (Å²) in [6, 6.07) is 18.0. The summed E-state index contributed by atoms with van der Waals surface area (Å²) in [5.41, 5.74) is 7.29. The molecular weight excluding hydrogens is 208 g/mol. The normalized spacial score (nSPS) is 10.5. The second kappa shape index (κ2) is 3.50.